The van der Waals surface area contributed by atoms with Gasteiger partial charge in [-0.2, -0.15) is 0 Å². The quantitative estimate of drug-likeness (QED) is 0.567. The zero-order valence-electron chi connectivity index (χ0n) is 20.2. The topological polar surface area (TPSA) is 55.8 Å². The minimum atomic E-state index is -0.672. The molecule has 0 saturated carbocycles. The van der Waals surface area contributed by atoms with Crippen LogP contribution in [0.3, 0.4) is 0 Å². The summed E-state index contributed by atoms with van der Waals surface area (Å²) in [6, 6.07) is 9.24. The summed E-state index contributed by atoms with van der Waals surface area (Å²) in [6.07, 6.45) is 5.86. The first-order chi connectivity index (χ1) is 17.3. The molecule has 5 nitrogen and oxygen atoms in total. The van der Waals surface area contributed by atoms with Crippen LogP contribution in [-0.2, 0) is 10.2 Å². The lowest BCUT2D eigenvalue weighted by Crippen LogP contribution is -2.48. The molecule has 8 heteroatoms. The van der Waals surface area contributed by atoms with E-state index in [4.69, 9.17) is 11.6 Å². The second kappa shape index (κ2) is 10.5. The Morgan fingerprint density at radius 1 is 1.14 bits per heavy atom. The highest BCUT2D eigenvalue weighted by Crippen LogP contribution is 2.47. The van der Waals surface area contributed by atoms with Crippen LogP contribution in [0, 0.1) is 17.6 Å². The van der Waals surface area contributed by atoms with Crippen LogP contribution in [0.1, 0.15) is 36.8 Å². The van der Waals surface area contributed by atoms with Gasteiger partial charge in [-0.3, -0.25) is 4.79 Å². The lowest BCUT2D eigenvalue weighted by atomic mass is 9.74. The Kier molecular flexibility index (Phi) is 7.33. The molecule has 2 aromatic carbocycles. The molecule has 1 amide bonds. The summed E-state index contributed by atoms with van der Waals surface area (Å²) in [4.78, 5) is 16.6. The standard InChI is InChI=1S/C28H32ClF2N3O2/c29-23-2-1-3-24-27(23)28(18-32-24)8-12-33(13-9-28)17-25(35)20-6-10-34(11-7-20)26(36)5-4-19-14-21(30)16-22(31)15-19/h1-5,14-16,20,25,32,35H,6-13,17-18H2/b5-4+. The summed E-state index contributed by atoms with van der Waals surface area (Å²) in [5, 5.41) is 15.3. The van der Waals surface area contributed by atoms with E-state index in [0.717, 1.165) is 62.1 Å². The second-order valence-corrected chi connectivity index (χ2v) is 10.8. The van der Waals surface area contributed by atoms with Crippen molar-refractivity contribution in [1.29, 1.82) is 0 Å². The van der Waals surface area contributed by atoms with Crippen molar-refractivity contribution in [3.05, 3.63) is 70.3 Å². The van der Waals surface area contributed by atoms with Crippen LogP contribution >= 0.6 is 11.6 Å². The summed E-state index contributed by atoms with van der Waals surface area (Å²) in [7, 11) is 0. The molecule has 0 aliphatic carbocycles. The van der Waals surface area contributed by atoms with Crippen molar-refractivity contribution in [3.63, 3.8) is 0 Å². The van der Waals surface area contributed by atoms with Gasteiger partial charge in [0, 0.05) is 60.0 Å². The van der Waals surface area contributed by atoms with Crippen LogP contribution in [0.2, 0.25) is 5.02 Å². The van der Waals surface area contributed by atoms with E-state index < -0.39 is 17.7 Å². The van der Waals surface area contributed by atoms with Gasteiger partial charge < -0.3 is 20.2 Å². The highest BCUT2D eigenvalue weighted by atomic mass is 35.5. The number of carbonyl (C=O) groups is 1. The Morgan fingerprint density at radius 2 is 1.83 bits per heavy atom. The fraction of sp³-hybridized carbons (Fsp3) is 0.464. The zero-order valence-corrected chi connectivity index (χ0v) is 21.0. The number of nitrogens with one attached hydrogen (secondary N) is 1. The molecule has 192 valence electrons. The fourth-order valence-corrected chi connectivity index (χ4v) is 6.39. The Morgan fingerprint density at radius 3 is 2.53 bits per heavy atom. The number of rotatable bonds is 5. The van der Waals surface area contributed by atoms with E-state index in [1.807, 2.05) is 12.1 Å². The van der Waals surface area contributed by atoms with Crippen molar-refractivity contribution in [1.82, 2.24) is 9.80 Å². The van der Waals surface area contributed by atoms with Gasteiger partial charge >= 0.3 is 0 Å². The highest BCUT2D eigenvalue weighted by Gasteiger charge is 2.43. The maximum atomic E-state index is 13.3. The fourth-order valence-electron chi connectivity index (χ4n) is 6.02. The molecule has 0 bridgehead atoms. The number of piperidine rings is 2. The molecular weight excluding hydrogens is 484 g/mol. The molecule has 1 spiro atoms. The second-order valence-electron chi connectivity index (χ2n) is 10.4. The van der Waals surface area contributed by atoms with Crippen LogP contribution in [0.5, 0.6) is 0 Å². The number of aliphatic hydroxyl groups is 1. The molecule has 2 N–H and O–H groups in total. The average Bonchev–Trinajstić information content (AvgIpc) is 3.23. The third-order valence-corrected chi connectivity index (χ3v) is 8.43. The number of hydrogen-bond acceptors (Lipinski definition) is 4. The molecule has 0 aromatic heterocycles. The summed E-state index contributed by atoms with van der Waals surface area (Å²) < 4.78 is 26.7. The van der Waals surface area contributed by atoms with E-state index in [2.05, 4.69) is 16.3 Å². The Bertz CT molecular complexity index is 1120. The molecule has 2 saturated heterocycles. The first-order valence-corrected chi connectivity index (χ1v) is 13.1. The Hall–Kier alpha value is -2.48. The Balaban J connectivity index is 1.09. The zero-order chi connectivity index (χ0) is 25.3. The van der Waals surface area contributed by atoms with Crippen molar-refractivity contribution in [2.75, 3.05) is 44.6 Å². The normalized spacial score (nSPS) is 21.1. The van der Waals surface area contributed by atoms with Crippen molar-refractivity contribution in [3.8, 4) is 0 Å². The predicted molar refractivity (Wildman–Crippen MR) is 138 cm³/mol. The number of carbonyl (C=O) groups excluding carboxylic acids is 1. The van der Waals surface area contributed by atoms with Gasteiger partial charge in [0.25, 0.3) is 0 Å². The number of benzene rings is 2. The number of hydrogen-bond donors (Lipinski definition) is 2. The first-order valence-electron chi connectivity index (χ1n) is 12.7. The lowest BCUT2D eigenvalue weighted by molar-refractivity contribution is -0.128. The molecule has 3 aliphatic heterocycles. The van der Waals surface area contributed by atoms with Gasteiger partial charge in [0.1, 0.15) is 11.6 Å². The van der Waals surface area contributed by atoms with E-state index in [1.54, 1.807) is 4.90 Å². The Labute approximate surface area is 215 Å². The molecule has 2 aromatic rings. The molecular formula is C28H32ClF2N3O2. The SMILES string of the molecule is O=C(/C=C/c1cc(F)cc(F)c1)N1CCC(C(O)CN2CCC3(CC2)CNc2cccc(Cl)c23)CC1. The smallest absolute Gasteiger partial charge is 0.246 e. The molecule has 36 heavy (non-hydrogen) atoms. The van der Waals surface area contributed by atoms with E-state index in [0.29, 0.717) is 25.2 Å². The van der Waals surface area contributed by atoms with Gasteiger partial charge in [-0.05, 0) is 80.6 Å². The highest BCUT2D eigenvalue weighted by molar-refractivity contribution is 6.32. The number of halogens is 3. The monoisotopic (exact) mass is 515 g/mol. The third-order valence-electron chi connectivity index (χ3n) is 8.12. The van der Waals surface area contributed by atoms with Crippen LogP contribution < -0.4 is 5.32 Å². The van der Waals surface area contributed by atoms with Crippen LogP contribution in [0.4, 0.5) is 14.5 Å². The van der Waals surface area contributed by atoms with E-state index >= 15 is 0 Å². The molecule has 3 aliphatic rings. The summed E-state index contributed by atoms with van der Waals surface area (Å²) >= 11 is 6.56. The van der Waals surface area contributed by atoms with Crippen LogP contribution in [0.25, 0.3) is 6.08 Å². The van der Waals surface area contributed by atoms with E-state index in [1.165, 1.54) is 29.8 Å². The maximum absolute atomic E-state index is 13.3. The van der Waals surface area contributed by atoms with E-state index in [-0.39, 0.29) is 17.2 Å². The van der Waals surface area contributed by atoms with Gasteiger partial charge in [0.2, 0.25) is 5.91 Å². The van der Waals surface area contributed by atoms with Gasteiger partial charge in [0.05, 0.1) is 6.10 Å². The molecule has 1 atom stereocenters. The molecule has 2 fully saturated rings. The third kappa shape index (κ3) is 5.29. The molecule has 1 unspecified atom stereocenters. The predicted octanol–water partition coefficient (Wildman–Crippen LogP) is 4.69. The van der Waals surface area contributed by atoms with E-state index in [9.17, 15) is 18.7 Å². The van der Waals surface area contributed by atoms with Crippen molar-refractivity contribution >= 4 is 29.3 Å². The number of nitrogens with zero attached hydrogens (tertiary/aromatic N) is 2. The number of aliphatic hydroxyl groups excluding tert-OH is 1. The number of anilines is 1. The first kappa shape index (κ1) is 25.2. The van der Waals surface area contributed by atoms with Crippen molar-refractivity contribution in [2.24, 2.45) is 5.92 Å². The molecule has 0 radical (unpaired) electrons. The van der Waals surface area contributed by atoms with Crippen molar-refractivity contribution < 1.29 is 18.7 Å². The number of fused-ring (bicyclic) bond motifs is 2. The number of amides is 1. The van der Waals surface area contributed by atoms with Gasteiger partial charge in [-0.15, -0.1) is 0 Å². The average molecular weight is 516 g/mol. The van der Waals surface area contributed by atoms with Gasteiger partial charge in [-0.1, -0.05) is 17.7 Å². The van der Waals surface area contributed by atoms with Crippen molar-refractivity contribution in [2.45, 2.75) is 37.2 Å². The molecule has 5 rings (SSSR count). The number of likely N-dealkylation sites (tertiary alicyclic amines) is 2. The summed E-state index contributed by atoms with van der Waals surface area (Å²) in [6.45, 7) is 4.53. The lowest BCUT2D eigenvalue weighted by Gasteiger charge is -2.41. The minimum Gasteiger partial charge on any atom is -0.392 e. The largest absolute Gasteiger partial charge is 0.392 e. The minimum absolute atomic E-state index is 0.0750. The number of β-amino-alcohol motifs (C(OH)–C–C–N with tert-alkyl or cyclic N) is 1. The maximum Gasteiger partial charge on any atom is 0.246 e. The van der Waals surface area contributed by atoms with Gasteiger partial charge in [-0.25, -0.2) is 8.78 Å². The van der Waals surface area contributed by atoms with Crippen LogP contribution in [-0.4, -0.2) is 66.2 Å². The van der Waals surface area contributed by atoms with Gasteiger partial charge in [0.15, 0.2) is 0 Å². The van der Waals surface area contributed by atoms with Crippen LogP contribution in [0.15, 0.2) is 42.5 Å². The molecule has 3 heterocycles. The summed E-state index contributed by atoms with van der Waals surface area (Å²) in [5.41, 5.74) is 2.79. The summed E-state index contributed by atoms with van der Waals surface area (Å²) in [5.74, 6) is -1.38.